The number of benzene rings is 3. The molecule has 4 heterocycles. The lowest BCUT2D eigenvalue weighted by atomic mass is 10.0. The highest BCUT2D eigenvalue weighted by Gasteiger charge is 2.38. The van der Waals surface area contributed by atoms with Crippen LogP contribution in [-0.4, -0.2) is 86.3 Å². The van der Waals surface area contributed by atoms with Crippen LogP contribution in [0.3, 0.4) is 0 Å². The maximum Gasteiger partial charge on any atom is 0.374 e. The highest BCUT2D eigenvalue weighted by Crippen LogP contribution is 2.35. The Kier molecular flexibility index (Phi) is 13.5. The number of aliphatic imine (C=N–C) groups is 1. The predicted octanol–water partition coefficient (Wildman–Crippen LogP) is 7.98. The number of likely N-dealkylation sites (tertiary alicyclic amines) is 2. The zero-order valence-corrected chi connectivity index (χ0v) is 35.1. The molecule has 2 saturated heterocycles. The average molecular weight is 825 g/mol. The van der Waals surface area contributed by atoms with E-state index in [-0.39, 0.29) is 41.8 Å². The molecule has 0 aliphatic carbocycles. The van der Waals surface area contributed by atoms with Gasteiger partial charge in [0, 0.05) is 13.1 Å². The minimum absolute atomic E-state index is 0.0137. The quantitative estimate of drug-likeness (QED) is 0.0333. The number of H-pyrrole nitrogens is 2. The van der Waals surface area contributed by atoms with E-state index in [1.54, 1.807) is 12.1 Å². The number of carbonyl (C=O) groups excluding carboxylic acids is 2. The van der Waals surface area contributed by atoms with Crippen LogP contribution < -0.4 is 10.1 Å². The number of amides is 2. The molecule has 2 aromatic heterocycles. The molecule has 3 aromatic carbocycles. The fourth-order valence-electron chi connectivity index (χ4n) is 7.99. The molecule has 15 nitrogen and oxygen atoms in total. The summed E-state index contributed by atoms with van der Waals surface area (Å²) in [5.41, 5.74) is 5.85. The van der Waals surface area contributed by atoms with Crippen molar-refractivity contribution >= 4 is 24.2 Å². The number of nitrogens with one attached hydrogen (secondary N) is 3. The summed E-state index contributed by atoms with van der Waals surface area (Å²) in [6.07, 6.45) is 8.16. The largest absolute Gasteiger partial charge is 0.421 e. The SMILES string of the molecule is [C-]#[N+]N=C(N[C@H](C(=O)N1CCC[C@H]1c1ncc(-c2ccc(-c3ccc(-c4cnc([C@@H]5CCCN5C(=O)[C@@H](/N=C\OOC)C(C)C)[nH]4)cc3)cc2)[nH]1)C(C)C)Oc1ccccc1. The Morgan fingerprint density at radius 3 is 1.80 bits per heavy atom. The molecule has 61 heavy (non-hydrogen) atoms. The lowest BCUT2D eigenvalue weighted by Crippen LogP contribution is -2.52. The fourth-order valence-corrected chi connectivity index (χ4v) is 7.99. The van der Waals surface area contributed by atoms with Gasteiger partial charge in [-0.15, -0.1) is 4.95 Å². The summed E-state index contributed by atoms with van der Waals surface area (Å²) >= 11 is 0. The second-order valence-corrected chi connectivity index (χ2v) is 15.9. The first-order valence-corrected chi connectivity index (χ1v) is 20.7. The van der Waals surface area contributed by atoms with E-state index in [1.807, 2.05) is 68.1 Å². The van der Waals surface area contributed by atoms with Gasteiger partial charge in [-0.25, -0.2) is 15.0 Å². The molecule has 2 fully saturated rings. The Labute approximate surface area is 356 Å². The second kappa shape index (κ2) is 19.5. The van der Waals surface area contributed by atoms with Gasteiger partial charge in [0.25, 0.3) is 0 Å². The minimum Gasteiger partial charge on any atom is -0.421 e. The van der Waals surface area contributed by atoms with E-state index in [0.29, 0.717) is 18.8 Å². The molecule has 2 aliphatic rings. The Bertz CT molecular complexity index is 2350. The van der Waals surface area contributed by atoms with Crippen molar-refractivity contribution < 1.29 is 24.1 Å². The van der Waals surface area contributed by atoms with Gasteiger partial charge in [0.1, 0.15) is 34.6 Å². The Morgan fingerprint density at radius 1 is 0.787 bits per heavy atom. The molecule has 0 unspecified atom stereocenters. The fraction of sp³-hybridized carbons (Fsp3) is 0.370. The third-order valence-corrected chi connectivity index (χ3v) is 11.2. The number of hydrogen-bond donors (Lipinski definition) is 3. The van der Waals surface area contributed by atoms with Gasteiger partial charge in [0.2, 0.25) is 18.2 Å². The molecule has 4 atom stereocenters. The molecule has 0 saturated carbocycles. The zero-order valence-electron chi connectivity index (χ0n) is 35.1. The van der Waals surface area contributed by atoms with Crippen LogP contribution in [0.4, 0.5) is 0 Å². The van der Waals surface area contributed by atoms with E-state index >= 15 is 0 Å². The van der Waals surface area contributed by atoms with Gasteiger partial charge in [-0.3, -0.25) is 9.59 Å². The van der Waals surface area contributed by atoms with Crippen molar-refractivity contribution in [3.8, 4) is 39.4 Å². The van der Waals surface area contributed by atoms with Crippen LogP contribution >= 0.6 is 0 Å². The van der Waals surface area contributed by atoms with E-state index in [0.717, 1.165) is 71.0 Å². The van der Waals surface area contributed by atoms with Gasteiger partial charge in [-0.2, -0.15) is 11.5 Å². The molecule has 5 aromatic rings. The highest BCUT2D eigenvalue weighted by atomic mass is 17.2. The number of para-hydroxylation sites is 1. The van der Waals surface area contributed by atoms with Gasteiger partial charge < -0.3 is 34.7 Å². The molecule has 0 spiro atoms. The van der Waals surface area contributed by atoms with E-state index < -0.39 is 12.1 Å². The third kappa shape index (κ3) is 9.82. The Balaban J connectivity index is 0.991. The number of nitrogens with zero attached hydrogens (tertiary/aromatic N) is 7. The zero-order chi connectivity index (χ0) is 42.9. The van der Waals surface area contributed by atoms with Crippen molar-refractivity contribution in [3.05, 3.63) is 114 Å². The van der Waals surface area contributed by atoms with Crippen LogP contribution in [0.5, 0.6) is 5.75 Å². The van der Waals surface area contributed by atoms with Gasteiger partial charge in [-0.05, 0) is 71.9 Å². The first kappa shape index (κ1) is 42.3. The molecular formula is C46H52N10O5. The summed E-state index contributed by atoms with van der Waals surface area (Å²) in [6, 6.07) is 24.1. The minimum atomic E-state index is -0.662. The van der Waals surface area contributed by atoms with Crippen LogP contribution in [0.2, 0.25) is 0 Å². The number of ether oxygens (including phenoxy) is 1. The van der Waals surface area contributed by atoms with Crippen LogP contribution in [0.15, 0.2) is 101 Å². The van der Waals surface area contributed by atoms with Gasteiger partial charge in [0.05, 0.1) is 43.0 Å². The van der Waals surface area contributed by atoms with Gasteiger partial charge >= 0.3 is 6.02 Å². The molecular weight excluding hydrogens is 773 g/mol. The summed E-state index contributed by atoms with van der Waals surface area (Å²) in [5.74, 6) is 1.73. The normalized spacial score (nSPS) is 17.8. The van der Waals surface area contributed by atoms with Crippen molar-refractivity contribution in [1.29, 1.82) is 0 Å². The van der Waals surface area contributed by atoms with E-state index in [4.69, 9.17) is 26.2 Å². The van der Waals surface area contributed by atoms with E-state index in [9.17, 15) is 9.59 Å². The number of imidazole rings is 2. The third-order valence-electron chi connectivity index (χ3n) is 11.2. The maximum absolute atomic E-state index is 14.1. The smallest absolute Gasteiger partial charge is 0.374 e. The standard InChI is InChI=1S/C46H52N10O5/c1-29(2)40(50-28-60-59-6)44(57)55-24-10-14-38(55)42-48-26-36(51-42)33-20-16-31(17-21-33)32-18-22-34(23-19-32)37-27-49-43(52-37)39-15-11-25-56(39)45(58)41(30(3)4)53-46(54-47-5)61-35-12-8-7-9-13-35/h7-9,12-13,16-23,26-30,38-41H,10-11,14-15,24-25H2,1-4,6H3,(H,48,51)(H,49,52)(H,53,54)/b50-28-/t38-,39-,40-,41-/m0/s1. The first-order valence-electron chi connectivity index (χ1n) is 20.7. The van der Waals surface area contributed by atoms with Crippen LogP contribution in [0, 0.1) is 18.4 Å². The predicted molar refractivity (Wildman–Crippen MR) is 232 cm³/mol. The number of rotatable bonds is 14. The molecule has 316 valence electrons. The molecule has 2 aliphatic heterocycles. The van der Waals surface area contributed by atoms with Crippen molar-refractivity contribution in [2.24, 2.45) is 21.9 Å². The van der Waals surface area contributed by atoms with Crippen molar-refractivity contribution in [2.75, 3.05) is 20.2 Å². The van der Waals surface area contributed by atoms with Crippen LogP contribution in [0.1, 0.15) is 77.1 Å². The lowest BCUT2D eigenvalue weighted by molar-refractivity contribution is -0.188. The van der Waals surface area contributed by atoms with Crippen molar-refractivity contribution in [3.63, 3.8) is 0 Å². The van der Waals surface area contributed by atoms with Crippen molar-refractivity contribution in [1.82, 2.24) is 35.1 Å². The number of carbonyl (C=O) groups is 2. The van der Waals surface area contributed by atoms with Gasteiger partial charge in [-0.1, -0.05) is 94.4 Å². The van der Waals surface area contributed by atoms with Crippen LogP contribution in [-0.2, 0) is 19.4 Å². The van der Waals surface area contributed by atoms with E-state index in [2.05, 4.69) is 83.8 Å². The summed E-state index contributed by atoms with van der Waals surface area (Å²) in [4.78, 5) is 64.7. The molecule has 7 rings (SSSR count). The maximum atomic E-state index is 14.1. The molecule has 3 N–H and O–H groups in total. The number of amidine groups is 1. The molecule has 0 bridgehead atoms. The Morgan fingerprint density at radius 2 is 1.31 bits per heavy atom. The van der Waals surface area contributed by atoms with Crippen molar-refractivity contribution in [2.45, 2.75) is 77.5 Å². The number of hydrogen-bond acceptors (Lipinski definition) is 9. The highest BCUT2D eigenvalue weighted by molar-refractivity contribution is 5.88. The molecule has 0 radical (unpaired) electrons. The summed E-state index contributed by atoms with van der Waals surface area (Å²) in [7, 11) is 1.39. The average Bonchev–Trinajstić information content (AvgIpc) is 4.12. The summed E-state index contributed by atoms with van der Waals surface area (Å²) in [5, 5.41) is 6.91. The molecule has 2 amide bonds. The first-order chi connectivity index (χ1) is 29.6. The summed E-state index contributed by atoms with van der Waals surface area (Å²) in [6.45, 7) is 16.4. The number of aromatic amines is 2. The van der Waals surface area contributed by atoms with Gasteiger partial charge in [0.15, 0.2) is 0 Å². The monoisotopic (exact) mass is 824 g/mol. The number of aromatic nitrogens is 4. The Hall–Kier alpha value is -6.79. The van der Waals surface area contributed by atoms with E-state index in [1.165, 1.54) is 13.5 Å². The molecule has 15 heteroatoms. The van der Waals surface area contributed by atoms with Crippen LogP contribution in [0.25, 0.3) is 38.6 Å². The lowest BCUT2D eigenvalue weighted by Gasteiger charge is -2.30. The second-order valence-electron chi connectivity index (χ2n) is 15.9. The summed E-state index contributed by atoms with van der Waals surface area (Å²) < 4.78 is 5.83. The topological polar surface area (TPSA) is 167 Å².